The summed E-state index contributed by atoms with van der Waals surface area (Å²) in [5.74, 6) is 0.586. The van der Waals surface area contributed by atoms with Crippen LogP contribution in [0, 0.1) is 0 Å². The van der Waals surface area contributed by atoms with E-state index in [9.17, 15) is 4.79 Å². The molecule has 0 aliphatic rings. The predicted molar refractivity (Wildman–Crippen MR) is 42.2 cm³/mol. The molecule has 0 fully saturated rings. The van der Waals surface area contributed by atoms with Gasteiger partial charge in [0.25, 0.3) is 0 Å². The van der Waals surface area contributed by atoms with Crippen LogP contribution in [0.4, 0.5) is 0 Å². The smallest absolute Gasteiger partial charge is 0.153 e. The van der Waals surface area contributed by atoms with Crippen molar-refractivity contribution in [1.82, 2.24) is 0 Å². The molecular formula is C7H7O2P. The molecule has 2 nitrogen and oxygen atoms in total. The van der Waals surface area contributed by atoms with E-state index >= 15 is 0 Å². The van der Waals surface area contributed by atoms with E-state index in [4.69, 9.17) is 4.52 Å². The lowest BCUT2D eigenvalue weighted by molar-refractivity contribution is 0.112. The molecule has 1 rings (SSSR count). The molecular weight excluding hydrogens is 147 g/mol. The fourth-order valence-corrected chi connectivity index (χ4v) is 0.900. The monoisotopic (exact) mass is 154 g/mol. The average Bonchev–Trinajstić information content (AvgIpc) is 2.04. The molecule has 1 unspecified atom stereocenters. The molecule has 1 atom stereocenters. The summed E-state index contributed by atoms with van der Waals surface area (Å²) >= 11 is 0. The Morgan fingerprint density at radius 1 is 1.40 bits per heavy atom. The first kappa shape index (κ1) is 7.23. The molecule has 0 aliphatic carbocycles. The molecule has 0 radical (unpaired) electrons. The Bertz CT molecular complexity index is 235. The van der Waals surface area contributed by atoms with Crippen molar-refractivity contribution in [2.24, 2.45) is 0 Å². The lowest BCUT2D eigenvalue weighted by Crippen LogP contribution is -1.82. The van der Waals surface area contributed by atoms with Crippen molar-refractivity contribution in [3.8, 4) is 5.75 Å². The fraction of sp³-hybridized carbons (Fsp3) is 0. The quantitative estimate of drug-likeness (QED) is 0.478. The molecule has 0 N–H and O–H groups in total. The number of hydrogen-bond donors (Lipinski definition) is 0. The largest absolute Gasteiger partial charge is 0.480 e. The highest BCUT2D eigenvalue weighted by molar-refractivity contribution is 7.10. The second kappa shape index (κ2) is 3.33. The summed E-state index contributed by atoms with van der Waals surface area (Å²) in [4.78, 5) is 10.3. The SMILES string of the molecule is O=Cc1ccccc1OP. The summed E-state index contributed by atoms with van der Waals surface area (Å²) in [5.41, 5.74) is 0.567. The minimum Gasteiger partial charge on any atom is -0.480 e. The van der Waals surface area contributed by atoms with Crippen molar-refractivity contribution >= 4 is 15.8 Å². The van der Waals surface area contributed by atoms with Gasteiger partial charge in [-0.2, -0.15) is 0 Å². The van der Waals surface area contributed by atoms with Gasteiger partial charge < -0.3 is 4.52 Å². The Hall–Kier alpha value is -0.880. The third-order valence-electron chi connectivity index (χ3n) is 1.17. The molecule has 0 saturated heterocycles. The van der Waals surface area contributed by atoms with E-state index in [1.807, 2.05) is 6.07 Å². The van der Waals surface area contributed by atoms with Gasteiger partial charge in [-0.3, -0.25) is 4.79 Å². The molecule has 52 valence electrons. The van der Waals surface area contributed by atoms with Crippen LogP contribution in [0.2, 0.25) is 0 Å². The van der Waals surface area contributed by atoms with Crippen molar-refractivity contribution in [2.75, 3.05) is 0 Å². The Balaban J connectivity index is 3.08. The topological polar surface area (TPSA) is 26.3 Å². The third kappa shape index (κ3) is 1.34. The summed E-state index contributed by atoms with van der Waals surface area (Å²) in [7, 11) is 2.10. The van der Waals surface area contributed by atoms with Gasteiger partial charge in [0, 0.05) is 0 Å². The number of carbonyl (C=O) groups is 1. The maximum atomic E-state index is 10.3. The van der Waals surface area contributed by atoms with Gasteiger partial charge in [0.05, 0.1) is 15.0 Å². The van der Waals surface area contributed by atoms with E-state index in [2.05, 4.69) is 9.47 Å². The van der Waals surface area contributed by atoms with Crippen molar-refractivity contribution in [2.45, 2.75) is 0 Å². The second-order valence-corrected chi connectivity index (χ2v) is 2.01. The van der Waals surface area contributed by atoms with Crippen LogP contribution in [0.1, 0.15) is 10.4 Å². The van der Waals surface area contributed by atoms with Crippen LogP contribution >= 0.6 is 9.47 Å². The number of aldehydes is 1. The number of hydrogen-bond acceptors (Lipinski definition) is 2. The average molecular weight is 154 g/mol. The highest BCUT2D eigenvalue weighted by Crippen LogP contribution is 2.16. The summed E-state index contributed by atoms with van der Waals surface area (Å²) in [6.45, 7) is 0. The van der Waals surface area contributed by atoms with Crippen LogP contribution in [0.3, 0.4) is 0 Å². The van der Waals surface area contributed by atoms with E-state index in [0.717, 1.165) is 6.29 Å². The second-order valence-electron chi connectivity index (χ2n) is 1.77. The van der Waals surface area contributed by atoms with Gasteiger partial charge in [0.15, 0.2) is 6.29 Å². The molecule has 0 heterocycles. The Morgan fingerprint density at radius 2 is 2.10 bits per heavy atom. The molecule has 1 aromatic rings. The zero-order chi connectivity index (χ0) is 7.40. The van der Waals surface area contributed by atoms with E-state index in [0.29, 0.717) is 11.3 Å². The fourth-order valence-electron chi connectivity index (χ4n) is 0.685. The summed E-state index contributed by atoms with van der Waals surface area (Å²) in [6.07, 6.45) is 0.763. The minimum absolute atomic E-state index is 0.567. The van der Waals surface area contributed by atoms with E-state index in [1.54, 1.807) is 18.2 Å². The van der Waals surface area contributed by atoms with Crippen LogP contribution < -0.4 is 4.52 Å². The van der Waals surface area contributed by atoms with Crippen LogP contribution in [0.15, 0.2) is 24.3 Å². The predicted octanol–water partition coefficient (Wildman–Crippen LogP) is 1.67. The molecule has 0 bridgehead atoms. The molecule has 0 amide bonds. The van der Waals surface area contributed by atoms with Crippen LogP contribution in [-0.4, -0.2) is 6.29 Å². The lowest BCUT2D eigenvalue weighted by Gasteiger charge is -1.99. The van der Waals surface area contributed by atoms with E-state index in [1.165, 1.54) is 0 Å². The Kier molecular flexibility index (Phi) is 2.41. The van der Waals surface area contributed by atoms with Gasteiger partial charge in [-0.1, -0.05) is 12.1 Å². The maximum Gasteiger partial charge on any atom is 0.153 e. The maximum absolute atomic E-state index is 10.3. The first-order chi connectivity index (χ1) is 4.88. The summed E-state index contributed by atoms with van der Waals surface area (Å²) in [5, 5.41) is 0. The molecule has 3 heteroatoms. The first-order valence-corrected chi connectivity index (χ1v) is 3.26. The molecule has 0 aromatic heterocycles. The van der Waals surface area contributed by atoms with Crippen LogP contribution in [-0.2, 0) is 0 Å². The van der Waals surface area contributed by atoms with Gasteiger partial charge in [-0.15, -0.1) is 0 Å². The molecule has 10 heavy (non-hydrogen) atoms. The van der Waals surface area contributed by atoms with Crippen LogP contribution in [0.5, 0.6) is 5.75 Å². The highest BCUT2D eigenvalue weighted by Gasteiger charge is 1.96. The zero-order valence-corrected chi connectivity index (χ0v) is 6.44. The first-order valence-electron chi connectivity index (χ1n) is 2.79. The summed E-state index contributed by atoms with van der Waals surface area (Å²) in [6, 6.07) is 7.03. The number of carbonyl (C=O) groups excluding carboxylic acids is 1. The van der Waals surface area contributed by atoms with Gasteiger partial charge in [-0.25, -0.2) is 0 Å². The van der Waals surface area contributed by atoms with Gasteiger partial charge in [-0.05, 0) is 12.1 Å². The Morgan fingerprint density at radius 3 is 2.60 bits per heavy atom. The number of benzene rings is 1. The standard InChI is InChI=1S/C7H7O2P/c8-5-6-3-1-2-4-7(6)9-10/h1-5H,10H2. The van der Waals surface area contributed by atoms with Gasteiger partial charge in [0.2, 0.25) is 0 Å². The minimum atomic E-state index is 0.567. The third-order valence-corrected chi connectivity index (χ3v) is 1.43. The van der Waals surface area contributed by atoms with Crippen LogP contribution in [0.25, 0.3) is 0 Å². The van der Waals surface area contributed by atoms with Gasteiger partial charge in [0.1, 0.15) is 5.75 Å². The van der Waals surface area contributed by atoms with Crippen molar-refractivity contribution in [3.05, 3.63) is 29.8 Å². The van der Waals surface area contributed by atoms with E-state index < -0.39 is 0 Å². The van der Waals surface area contributed by atoms with Crippen molar-refractivity contribution < 1.29 is 9.32 Å². The van der Waals surface area contributed by atoms with Crippen molar-refractivity contribution in [3.63, 3.8) is 0 Å². The van der Waals surface area contributed by atoms with E-state index in [-0.39, 0.29) is 0 Å². The highest BCUT2D eigenvalue weighted by atomic mass is 31.0. The zero-order valence-electron chi connectivity index (χ0n) is 5.28. The number of rotatable bonds is 2. The number of para-hydroxylation sites is 1. The molecule has 0 spiro atoms. The normalized spacial score (nSPS) is 8.90. The van der Waals surface area contributed by atoms with Crippen molar-refractivity contribution in [1.29, 1.82) is 0 Å². The molecule has 0 saturated carbocycles. The van der Waals surface area contributed by atoms with Gasteiger partial charge >= 0.3 is 0 Å². The Labute approximate surface area is 61.5 Å². The summed E-state index contributed by atoms with van der Waals surface area (Å²) < 4.78 is 4.82. The molecule has 0 aliphatic heterocycles. The molecule has 1 aromatic carbocycles. The lowest BCUT2D eigenvalue weighted by atomic mass is 10.2.